The van der Waals surface area contributed by atoms with Gasteiger partial charge in [0.25, 0.3) is 0 Å². The largest absolute Gasteiger partial charge is 0.478 e. The van der Waals surface area contributed by atoms with Crippen LogP contribution < -0.4 is 4.74 Å². The average molecular weight is 286 g/mol. The molecule has 21 heavy (non-hydrogen) atoms. The van der Waals surface area contributed by atoms with Crippen molar-refractivity contribution in [3.05, 3.63) is 65.7 Å². The van der Waals surface area contributed by atoms with Gasteiger partial charge in [-0.25, -0.2) is 9.59 Å². The van der Waals surface area contributed by atoms with Crippen molar-refractivity contribution in [3.63, 3.8) is 0 Å². The molecule has 0 aromatic heterocycles. The summed E-state index contributed by atoms with van der Waals surface area (Å²) < 4.78 is 4.99. The molecule has 2 N–H and O–H groups in total. The fourth-order valence-electron chi connectivity index (χ4n) is 1.80. The molecule has 0 spiro atoms. The van der Waals surface area contributed by atoms with E-state index in [2.05, 4.69) is 0 Å². The monoisotopic (exact) mass is 286 g/mol. The number of aliphatic hydroxyl groups excluding tert-OH is 1. The van der Waals surface area contributed by atoms with Crippen LogP contribution >= 0.6 is 0 Å². The van der Waals surface area contributed by atoms with Gasteiger partial charge in [-0.15, -0.1) is 0 Å². The van der Waals surface area contributed by atoms with Crippen LogP contribution in [0, 0.1) is 0 Å². The lowest BCUT2D eigenvalue weighted by Crippen LogP contribution is -2.27. The van der Waals surface area contributed by atoms with E-state index in [0.717, 1.165) is 5.56 Å². The molecule has 0 fully saturated rings. The Morgan fingerprint density at radius 2 is 1.76 bits per heavy atom. The maximum absolute atomic E-state index is 11.8. The Bertz CT molecular complexity index is 636. The van der Waals surface area contributed by atoms with E-state index in [1.54, 1.807) is 12.1 Å². The molecule has 0 aliphatic heterocycles. The maximum atomic E-state index is 11.8. The number of carboxylic acids is 1. The highest BCUT2D eigenvalue weighted by molar-refractivity contribution is 5.88. The summed E-state index contributed by atoms with van der Waals surface area (Å²) in [4.78, 5) is 22.6. The molecule has 2 rings (SSSR count). The van der Waals surface area contributed by atoms with Gasteiger partial charge in [0, 0.05) is 6.42 Å². The van der Waals surface area contributed by atoms with Crippen molar-refractivity contribution in [1.29, 1.82) is 0 Å². The zero-order valence-corrected chi connectivity index (χ0v) is 11.1. The number of hydrogen-bond donors (Lipinski definition) is 2. The third-order valence-electron chi connectivity index (χ3n) is 2.84. The van der Waals surface area contributed by atoms with E-state index in [0.29, 0.717) is 0 Å². The molecule has 0 bridgehead atoms. The molecule has 2 aromatic carbocycles. The first kappa shape index (κ1) is 14.7. The fourth-order valence-corrected chi connectivity index (χ4v) is 1.80. The Morgan fingerprint density at radius 1 is 1.05 bits per heavy atom. The summed E-state index contributed by atoms with van der Waals surface area (Å²) >= 11 is 0. The molecular formula is C16H14O5. The summed E-state index contributed by atoms with van der Waals surface area (Å²) in [6.07, 6.45) is -1.17. The Kier molecular flexibility index (Phi) is 4.68. The minimum Gasteiger partial charge on any atom is -0.478 e. The van der Waals surface area contributed by atoms with E-state index in [1.165, 1.54) is 24.3 Å². The van der Waals surface area contributed by atoms with Crippen molar-refractivity contribution < 1.29 is 24.5 Å². The van der Waals surface area contributed by atoms with Crippen LogP contribution in [0.25, 0.3) is 0 Å². The summed E-state index contributed by atoms with van der Waals surface area (Å²) in [5.41, 5.74) is 0.819. The van der Waals surface area contributed by atoms with Crippen molar-refractivity contribution in [2.75, 3.05) is 0 Å². The molecule has 2 aromatic rings. The van der Waals surface area contributed by atoms with Crippen molar-refractivity contribution in [2.24, 2.45) is 0 Å². The Hall–Kier alpha value is -2.66. The highest BCUT2D eigenvalue weighted by Gasteiger charge is 2.18. The molecule has 0 heterocycles. The van der Waals surface area contributed by atoms with E-state index in [1.807, 2.05) is 18.2 Å². The number of ether oxygens (including phenoxy) is 1. The van der Waals surface area contributed by atoms with Gasteiger partial charge in [-0.3, -0.25) is 0 Å². The molecule has 0 aliphatic rings. The molecular weight excluding hydrogens is 272 g/mol. The summed E-state index contributed by atoms with van der Waals surface area (Å²) in [5, 5.41) is 18.7. The summed E-state index contributed by atoms with van der Waals surface area (Å²) in [5.74, 6) is -1.84. The Balaban J connectivity index is 2.00. The molecule has 0 saturated heterocycles. The third kappa shape index (κ3) is 4.15. The van der Waals surface area contributed by atoms with Crippen molar-refractivity contribution in [1.82, 2.24) is 0 Å². The second-order valence-corrected chi connectivity index (χ2v) is 4.46. The molecule has 0 saturated carbocycles. The van der Waals surface area contributed by atoms with Crippen LogP contribution in [0.4, 0.5) is 0 Å². The average Bonchev–Trinajstić information content (AvgIpc) is 2.48. The Labute approximate surface area is 121 Å². The van der Waals surface area contributed by atoms with Crippen LogP contribution in [0.2, 0.25) is 0 Å². The zero-order valence-electron chi connectivity index (χ0n) is 11.1. The molecule has 0 aliphatic carbocycles. The quantitative estimate of drug-likeness (QED) is 0.648. The van der Waals surface area contributed by atoms with Crippen LogP contribution in [0.15, 0.2) is 54.6 Å². The van der Waals surface area contributed by atoms with Gasteiger partial charge in [-0.1, -0.05) is 36.4 Å². The SMILES string of the molecule is O=C(O)c1cccc(OC(=O)[C@H](O)Cc2ccccc2)c1. The summed E-state index contributed by atoms with van der Waals surface area (Å²) in [6.45, 7) is 0. The van der Waals surface area contributed by atoms with Crippen LogP contribution in [-0.4, -0.2) is 28.3 Å². The number of carboxylic acid groups (broad SMARTS) is 1. The van der Waals surface area contributed by atoms with Crippen LogP contribution in [0.5, 0.6) is 5.75 Å². The highest BCUT2D eigenvalue weighted by Crippen LogP contribution is 2.15. The summed E-state index contributed by atoms with van der Waals surface area (Å²) in [6, 6.07) is 14.6. The van der Waals surface area contributed by atoms with E-state index < -0.39 is 18.0 Å². The molecule has 5 heteroatoms. The predicted molar refractivity (Wildman–Crippen MR) is 75.2 cm³/mol. The van der Waals surface area contributed by atoms with Gasteiger partial charge in [0.05, 0.1) is 5.56 Å². The zero-order chi connectivity index (χ0) is 15.2. The van der Waals surface area contributed by atoms with Gasteiger partial charge >= 0.3 is 11.9 Å². The topological polar surface area (TPSA) is 83.8 Å². The second kappa shape index (κ2) is 6.67. The lowest BCUT2D eigenvalue weighted by molar-refractivity contribution is -0.143. The molecule has 108 valence electrons. The number of aromatic carboxylic acids is 1. The molecule has 0 unspecified atom stereocenters. The number of aliphatic hydroxyl groups is 1. The molecule has 0 radical (unpaired) electrons. The van der Waals surface area contributed by atoms with Gasteiger partial charge in [-0.2, -0.15) is 0 Å². The normalized spacial score (nSPS) is 11.7. The molecule has 0 amide bonds. The lowest BCUT2D eigenvalue weighted by atomic mass is 10.1. The smallest absolute Gasteiger partial charge is 0.340 e. The highest BCUT2D eigenvalue weighted by atomic mass is 16.5. The van der Waals surface area contributed by atoms with Gasteiger partial charge in [-0.05, 0) is 23.8 Å². The summed E-state index contributed by atoms with van der Waals surface area (Å²) in [7, 11) is 0. The number of hydrogen-bond acceptors (Lipinski definition) is 4. The minimum absolute atomic E-state index is 0.0119. The van der Waals surface area contributed by atoms with Gasteiger partial charge in [0.2, 0.25) is 0 Å². The fraction of sp³-hybridized carbons (Fsp3) is 0.125. The van der Waals surface area contributed by atoms with Gasteiger partial charge in [0.15, 0.2) is 6.10 Å². The van der Waals surface area contributed by atoms with Crippen LogP contribution in [0.1, 0.15) is 15.9 Å². The number of rotatable bonds is 5. The van der Waals surface area contributed by atoms with Crippen molar-refractivity contribution >= 4 is 11.9 Å². The first-order valence-electron chi connectivity index (χ1n) is 6.33. The Morgan fingerprint density at radius 3 is 2.43 bits per heavy atom. The molecule has 5 nitrogen and oxygen atoms in total. The van der Waals surface area contributed by atoms with Crippen LogP contribution in [-0.2, 0) is 11.2 Å². The standard InChI is InChI=1S/C16H14O5/c17-14(9-11-5-2-1-3-6-11)16(20)21-13-8-4-7-12(10-13)15(18)19/h1-8,10,14,17H,9H2,(H,18,19)/t14-/m1/s1. The maximum Gasteiger partial charge on any atom is 0.340 e. The van der Waals surface area contributed by atoms with E-state index in [4.69, 9.17) is 9.84 Å². The first-order chi connectivity index (χ1) is 10.1. The number of carbonyl (C=O) groups is 2. The third-order valence-corrected chi connectivity index (χ3v) is 2.84. The number of benzene rings is 2. The number of carbonyl (C=O) groups excluding carboxylic acids is 1. The van der Waals surface area contributed by atoms with E-state index in [9.17, 15) is 14.7 Å². The van der Waals surface area contributed by atoms with E-state index >= 15 is 0 Å². The van der Waals surface area contributed by atoms with Gasteiger partial charge < -0.3 is 14.9 Å². The predicted octanol–water partition coefficient (Wildman–Crippen LogP) is 1.89. The van der Waals surface area contributed by atoms with E-state index in [-0.39, 0.29) is 17.7 Å². The first-order valence-corrected chi connectivity index (χ1v) is 6.33. The van der Waals surface area contributed by atoms with Gasteiger partial charge in [0.1, 0.15) is 5.75 Å². The second-order valence-electron chi connectivity index (χ2n) is 4.46. The molecule has 1 atom stereocenters. The lowest BCUT2D eigenvalue weighted by Gasteiger charge is -2.10. The van der Waals surface area contributed by atoms with Crippen molar-refractivity contribution in [2.45, 2.75) is 12.5 Å². The van der Waals surface area contributed by atoms with Crippen molar-refractivity contribution in [3.8, 4) is 5.75 Å². The van der Waals surface area contributed by atoms with Crippen LogP contribution in [0.3, 0.4) is 0 Å². The minimum atomic E-state index is -1.30. The number of esters is 1.